The van der Waals surface area contributed by atoms with Crippen LogP contribution in [0.4, 0.5) is 5.00 Å². The molecular weight excluding hydrogens is 590 g/mol. The quantitative estimate of drug-likeness (QED) is 0.206. The van der Waals surface area contributed by atoms with Crippen LogP contribution in [-0.4, -0.2) is 59.1 Å². The molecule has 2 N–H and O–H groups in total. The molecule has 0 atom stereocenters. The normalized spacial score (nSPS) is 14.7. The van der Waals surface area contributed by atoms with Gasteiger partial charge in [0.25, 0.3) is 5.91 Å². The fourth-order valence-electron chi connectivity index (χ4n) is 5.64. The number of thiophene rings is 1. The van der Waals surface area contributed by atoms with E-state index in [1.54, 1.807) is 25.1 Å². The van der Waals surface area contributed by atoms with Gasteiger partial charge in [-0.2, -0.15) is 0 Å². The second-order valence-electron chi connectivity index (χ2n) is 10.5. The minimum Gasteiger partial charge on any atom is -0.497 e. The lowest BCUT2D eigenvalue weighted by Gasteiger charge is -2.25. The summed E-state index contributed by atoms with van der Waals surface area (Å²) in [6.45, 7) is 2.23. The molecule has 230 valence electrons. The summed E-state index contributed by atoms with van der Waals surface area (Å²) in [7, 11) is 3.07. The third-order valence-electron chi connectivity index (χ3n) is 7.68. The Morgan fingerprint density at radius 2 is 1.77 bits per heavy atom. The van der Waals surface area contributed by atoms with Crippen molar-refractivity contribution >= 4 is 45.9 Å². The van der Waals surface area contributed by atoms with Crippen molar-refractivity contribution in [1.82, 2.24) is 20.1 Å². The Morgan fingerprint density at radius 1 is 1.02 bits per heavy atom. The molecule has 0 aliphatic heterocycles. The molecule has 0 radical (unpaired) electrons. The Morgan fingerprint density at radius 3 is 2.47 bits per heavy atom. The number of benzene rings is 1. The van der Waals surface area contributed by atoms with Crippen molar-refractivity contribution in [2.75, 3.05) is 31.9 Å². The van der Waals surface area contributed by atoms with Gasteiger partial charge in [0.2, 0.25) is 5.91 Å². The molecule has 0 saturated heterocycles. The van der Waals surface area contributed by atoms with E-state index in [1.165, 1.54) is 43.7 Å². The highest BCUT2D eigenvalue weighted by molar-refractivity contribution is 7.99. The van der Waals surface area contributed by atoms with Crippen molar-refractivity contribution in [3.63, 3.8) is 0 Å². The third kappa shape index (κ3) is 7.15. The molecule has 2 heterocycles. The van der Waals surface area contributed by atoms with Gasteiger partial charge in [-0.25, -0.2) is 4.79 Å². The van der Waals surface area contributed by atoms with Crippen LogP contribution < -0.4 is 20.1 Å². The van der Waals surface area contributed by atoms with E-state index in [9.17, 15) is 14.4 Å². The van der Waals surface area contributed by atoms with E-state index in [1.807, 2.05) is 0 Å². The number of thioether (sulfide) groups is 1. The van der Waals surface area contributed by atoms with Crippen molar-refractivity contribution in [1.29, 1.82) is 0 Å². The van der Waals surface area contributed by atoms with Gasteiger partial charge in [-0.15, -0.1) is 21.5 Å². The Kier molecular flexibility index (Phi) is 10.2. The van der Waals surface area contributed by atoms with Crippen LogP contribution in [0, 0.1) is 0 Å². The first-order valence-electron chi connectivity index (χ1n) is 14.6. The van der Waals surface area contributed by atoms with Crippen LogP contribution in [0.5, 0.6) is 11.5 Å². The number of esters is 1. The summed E-state index contributed by atoms with van der Waals surface area (Å²) >= 11 is 2.77. The number of hydrogen-bond donors (Lipinski definition) is 2. The number of fused-ring (bicyclic) bond motifs is 1. The molecule has 1 saturated carbocycles. The number of amides is 2. The highest BCUT2D eigenvalue weighted by Crippen LogP contribution is 2.40. The van der Waals surface area contributed by atoms with Gasteiger partial charge in [0, 0.05) is 22.5 Å². The number of aryl methyl sites for hydroxylation is 1. The van der Waals surface area contributed by atoms with Crippen molar-refractivity contribution in [2.45, 2.75) is 76.0 Å². The maximum Gasteiger partial charge on any atom is 0.341 e. The third-order valence-corrected chi connectivity index (χ3v) is 9.83. The van der Waals surface area contributed by atoms with E-state index in [0.717, 1.165) is 55.4 Å². The van der Waals surface area contributed by atoms with E-state index in [-0.39, 0.29) is 42.7 Å². The molecule has 2 aliphatic carbocycles. The van der Waals surface area contributed by atoms with Gasteiger partial charge in [-0.1, -0.05) is 31.0 Å². The van der Waals surface area contributed by atoms with E-state index >= 15 is 0 Å². The standard InChI is InChI=1S/C30H37N5O6S2/c1-4-41-29(38)26-22-11-8-12-23(22)43-28(26)32-25(36)17-42-30-34-33-24(35(30)19-9-6-5-7-10-19)16-31-27(37)18-13-20(39-2)15-21(14-18)40-3/h13-15,19H,4-12,16-17H2,1-3H3,(H,31,37)(H,32,36). The number of methoxy groups -OCH3 is 2. The number of nitrogens with one attached hydrogen (secondary N) is 2. The fourth-order valence-corrected chi connectivity index (χ4v) is 7.75. The highest BCUT2D eigenvalue weighted by atomic mass is 32.2. The molecule has 2 aromatic heterocycles. The molecule has 2 amide bonds. The molecule has 1 fully saturated rings. The van der Waals surface area contributed by atoms with E-state index in [0.29, 0.717) is 38.6 Å². The predicted molar refractivity (Wildman–Crippen MR) is 165 cm³/mol. The van der Waals surface area contributed by atoms with Gasteiger partial charge in [-0.3, -0.25) is 9.59 Å². The molecule has 5 rings (SSSR count). The highest BCUT2D eigenvalue weighted by Gasteiger charge is 2.29. The van der Waals surface area contributed by atoms with E-state index in [2.05, 4.69) is 25.4 Å². The monoisotopic (exact) mass is 627 g/mol. The lowest BCUT2D eigenvalue weighted by atomic mass is 9.95. The van der Waals surface area contributed by atoms with Gasteiger partial charge in [0.1, 0.15) is 16.5 Å². The summed E-state index contributed by atoms with van der Waals surface area (Å²) in [5, 5.41) is 15.9. The summed E-state index contributed by atoms with van der Waals surface area (Å²) in [6.07, 6.45) is 8.08. The molecule has 2 aliphatic rings. The second-order valence-corrected chi connectivity index (χ2v) is 12.5. The molecule has 0 unspecified atom stereocenters. The Balaban J connectivity index is 1.28. The van der Waals surface area contributed by atoms with Crippen LogP contribution in [0.1, 0.15) is 88.5 Å². The summed E-state index contributed by atoms with van der Waals surface area (Å²) < 4.78 is 18.0. The van der Waals surface area contributed by atoms with Crippen LogP contribution in [-0.2, 0) is 28.9 Å². The van der Waals surface area contributed by atoms with Crippen molar-refractivity contribution in [2.24, 2.45) is 0 Å². The van der Waals surface area contributed by atoms with Crippen molar-refractivity contribution in [3.05, 3.63) is 45.6 Å². The molecule has 0 spiro atoms. The van der Waals surface area contributed by atoms with Gasteiger partial charge < -0.3 is 29.4 Å². The Labute approximate surface area is 259 Å². The minimum absolute atomic E-state index is 0.103. The van der Waals surface area contributed by atoms with Crippen LogP contribution in [0.2, 0.25) is 0 Å². The lowest BCUT2D eigenvalue weighted by Crippen LogP contribution is -2.26. The summed E-state index contributed by atoms with van der Waals surface area (Å²) in [5.74, 6) is 0.880. The Bertz CT molecular complexity index is 1460. The Hall–Kier alpha value is -3.58. The van der Waals surface area contributed by atoms with Gasteiger partial charge in [-0.05, 0) is 56.7 Å². The molecular formula is C30H37N5O6S2. The number of ether oxygens (including phenoxy) is 3. The molecule has 11 nitrogen and oxygen atoms in total. The first kappa shape index (κ1) is 30.9. The van der Waals surface area contributed by atoms with Gasteiger partial charge in [0.05, 0.1) is 38.7 Å². The summed E-state index contributed by atoms with van der Waals surface area (Å²) in [6, 6.07) is 5.20. The number of carbonyl (C=O) groups is 3. The zero-order chi connectivity index (χ0) is 30.3. The fraction of sp³-hybridized carbons (Fsp3) is 0.500. The molecule has 43 heavy (non-hydrogen) atoms. The number of aromatic nitrogens is 3. The maximum atomic E-state index is 13.1. The molecule has 0 bridgehead atoms. The minimum atomic E-state index is -0.388. The SMILES string of the molecule is CCOC(=O)c1c(NC(=O)CSc2nnc(CNC(=O)c3cc(OC)cc(OC)c3)n2C2CCCCC2)sc2c1CCC2. The average molecular weight is 628 g/mol. The van der Waals surface area contributed by atoms with Crippen LogP contribution in [0.25, 0.3) is 0 Å². The summed E-state index contributed by atoms with van der Waals surface area (Å²) in [5.41, 5.74) is 1.91. The predicted octanol–water partition coefficient (Wildman–Crippen LogP) is 5.19. The number of nitrogens with zero attached hydrogens (tertiary/aromatic N) is 3. The zero-order valence-electron chi connectivity index (χ0n) is 24.7. The number of rotatable bonds is 12. The van der Waals surface area contributed by atoms with Gasteiger partial charge >= 0.3 is 5.97 Å². The van der Waals surface area contributed by atoms with Crippen LogP contribution in [0.3, 0.4) is 0 Å². The first-order chi connectivity index (χ1) is 20.9. The topological polar surface area (TPSA) is 134 Å². The lowest BCUT2D eigenvalue weighted by molar-refractivity contribution is -0.113. The van der Waals surface area contributed by atoms with E-state index in [4.69, 9.17) is 14.2 Å². The average Bonchev–Trinajstić information content (AvgIpc) is 3.73. The number of hydrogen-bond acceptors (Lipinski definition) is 10. The first-order valence-corrected chi connectivity index (χ1v) is 16.4. The van der Waals surface area contributed by atoms with Gasteiger partial charge in [0.15, 0.2) is 11.0 Å². The van der Waals surface area contributed by atoms with E-state index < -0.39 is 0 Å². The van der Waals surface area contributed by atoms with Crippen LogP contribution >= 0.6 is 23.1 Å². The van der Waals surface area contributed by atoms with Crippen molar-refractivity contribution < 1.29 is 28.6 Å². The molecule has 3 aromatic rings. The maximum absolute atomic E-state index is 13.1. The number of carbonyl (C=O) groups excluding carboxylic acids is 3. The number of anilines is 1. The smallest absolute Gasteiger partial charge is 0.341 e. The van der Waals surface area contributed by atoms with Crippen LogP contribution in [0.15, 0.2) is 23.4 Å². The zero-order valence-corrected chi connectivity index (χ0v) is 26.3. The molecule has 1 aromatic carbocycles. The molecule has 13 heteroatoms. The van der Waals surface area contributed by atoms with Crippen molar-refractivity contribution in [3.8, 4) is 11.5 Å². The second kappa shape index (κ2) is 14.3. The summed E-state index contributed by atoms with van der Waals surface area (Å²) in [4.78, 5) is 40.0. The largest absolute Gasteiger partial charge is 0.497 e.